The molecule has 0 aliphatic carbocycles. The number of nitriles is 2. The van der Waals surface area contributed by atoms with Gasteiger partial charge in [0.2, 0.25) is 0 Å². The van der Waals surface area contributed by atoms with Crippen LogP contribution in [-0.4, -0.2) is 12.1 Å². The summed E-state index contributed by atoms with van der Waals surface area (Å²) in [6, 6.07) is 13.8. The quantitative estimate of drug-likeness (QED) is 0.846. The molecule has 1 fully saturated rings. The molecule has 1 heterocycles. The highest BCUT2D eigenvalue weighted by Crippen LogP contribution is 2.36. The van der Waals surface area contributed by atoms with Crippen molar-refractivity contribution in [2.24, 2.45) is 0 Å². The summed E-state index contributed by atoms with van der Waals surface area (Å²) in [6.07, 6.45) is -1.13. The maximum atomic E-state index is 13.1. The lowest BCUT2D eigenvalue weighted by atomic mass is 10.0. The summed E-state index contributed by atoms with van der Waals surface area (Å²) in [5, 5.41) is 18.2. The number of ether oxygens (including phenoxy) is 1. The first-order valence-electron chi connectivity index (χ1n) is 7.24. The van der Waals surface area contributed by atoms with Crippen molar-refractivity contribution in [1.29, 1.82) is 10.5 Å². The Hall–Kier alpha value is -3.38. The summed E-state index contributed by atoms with van der Waals surface area (Å²) >= 11 is 0. The van der Waals surface area contributed by atoms with Crippen LogP contribution in [0.1, 0.15) is 29.7 Å². The molecule has 0 N–H and O–H groups in total. The number of amides is 1. The first-order chi connectivity index (χ1) is 11.5. The number of nitrogens with zero attached hydrogens (tertiary/aromatic N) is 3. The molecule has 0 saturated carbocycles. The van der Waals surface area contributed by atoms with Gasteiger partial charge in [-0.15, -0.1) is 0 Å². The van der Waals surface area contributed by atoms with Crippen LogP contribution in [0.5, 0.6) is 0 Å². The van der Waals surface area contributed by atoms with Crippen molar-refractivity contribution < 1.29 is 13.9 Å². The highest BCUT2D eigenvalue weighted by molar-refractivity contribution is 5.91. The van der Waals surface area contributed by atoms with E-state index in [2.05, 4.69) is 0 Å². The molecule has 2 aromatic rings. The van der Waals surface area contributed by atoms with E-state index in [1.807, 2.05) is 12.1 Å². The van der Waals surface area contributed by atoms with Gasteiger partial charge in [0.15, 0.2) is 0 Å². The van der Waals surface area contributed by atoms with Crippen LogP contribution in [0.4, 0.5) is 14.9 Å². The van der Waals surface area contributed by atoms with E-state index in [1.165, 1.54) is 35.2 Å². The minimum Gasteiger partial charge on any atom is -0.439 e. The van der Waals surface area contributed by atoms with Crippen molar-refractivity contribution in [3.63, 3.8) is 0 Å². The normalized spacial score (nSPS) is 19.5. The maximum absolute atomic E-state index is 13.1. The number of hydrogen-bond donors (Lipinski definition) is 0. The molecular weight excluding hydrogens is 309 g/mol. The fraction of sp³-hybridized carbons (Fsp3) is 0.167. The Morgan fingerprint density at radius 3 is 2.21 bits per heavy atom. The largest absolute Gasteiger partial charge is 0.439 e. The number of carbonyl (C=O) groups is 1. The van der Waals surface area contributed by atoms with Gasteiger partial charge >= 0.3 is 6.09 Å². The van der Waals surface area contributed by atoms with Crippen LogP contribution in [-0.2, 0) is 4.74 Å². The van der Waals surface area contributed by atoms with Gasteiger partial charge in [-0.05, 0) is 42.8 Å². The maximum Gasteiger partial charge on any atom is 0.415 e. The number of hydrogen-bond acceptors (Lipinski definition) is 4. The van der Waals surface area contributed by atoms with Gasteiger partial charge in [-0.1, -0.05) is 12.1 Å². The molecular formula is C18H12FN3O2. The minimum absolute atomic E-state index is 0.286. The Kier molecular flexibility index (Phi) is 3.89. The summed E-state index contributed by atoms with van der Waals surface area (Å²) < 4.78 is 18.5. The zero-order chi connectivity index (χ0) is 17.3. The minimum atomic E-state index is -0.573. The molecule has 0 radical (unpaired) electrons. The van der Waals surface area contributed by atoms with Crippen LogP contribution in [0.15, 0.2) is 42.5 Å². The molecule has 1 aliphatic rings. The first kappa shape index (κ1) is 15.5. The molecule has 5 nitrogen and oxygen atoms in total. The fourth-order valence-electron chi connectivity index (χ4n) is 2.78. The standard InChI is InChI=1S/C18H12FN3O2/c1-11-17(14-2-4-15(19)5-3-14)24-18(23)22(11)16-7-12(9-20)6-13(8-16)10-21/h2-8,11,17H,1H3/t11-,17+/m0/s1. The van der Waals surface area contributed by atoms with E-state index in [4.69, 9.17) is 15.3 Å². The average molecular weight is 321 g/mol. The summed E-state index contributed by atoms with van der Waals surface area (Å²) in [4.78, 5) is 13.7. The van der Waals surface area contributed by atoms with E-state index in [-0.39, 0.29) is 23.0 Å². The summed E-state index contributed by atoms with van der Waals surface area (Å²) in [5.41, 5.74) is 1.67. The zero-order valence-electron chi connectivity index (χ0n) is 12.7. The Bertz CT molecular complexity index is 848. The smallest absolute Gasteiger partial charge is 0.415 e. The molecule has 1 saturated heterocycles. The SMILES string of the molecule is C[C@H]1[C@H](c2ccc(F)cc2)OC(=O)N1c1cc(C#N)cc(C#N)c1. The Balaban J connectivity index is 1.98. The van der Waals surface area contributed by atoms with Gasteiger partial charge < -0.3 is 4.74 Å². The van der Waals surface area contributed by atoms with Crippen molar-refractivity contribution in [3.8, 4) is 12.1 Å². The molecule has 1 amide bonds. The third-order valence-corrected chi connectivity index (χ3v) is 3.92. The van der Waals surface area contributed by atoms with Gasteiger partial charge in [-0.3, -0.25) is 4.90 Å². The van der Waals surface area contributed by atoms with E-state index in [1.54, 1.807) is 19.1 Å². The van der Waals surface area contributed by atoms with Crippen molar-refractivity contribution in [2.45, 2.75) is 19.1 Å². The van der Waals surface area contributed by atoms with Crippen LogP contribution >= 0.6 is 0 Å². The fourth-order valence-corrected chi connectivity index (χ4v) is 2.78. The lowest BCUT2D eigenvalue weighted by Crippen LogP contribution is -2.31. The lowest BCUT2D eigenvalue weighted by Gasteiger charge is -2.21. The van der Waals surface area contributed by atoms with Crippen LogP contribution in [0, 0.1) is 28.5 Å². The molecule has 3 rings (SSSR count). The van der Waals surface area contributed by atoms with E-state index in [0.717, 1.165) is 0 Å². The number of benzene rings is 2. The van der Waals surface area contributed by atoms with Crippen molar-refractivity contribution in [1.82, 2.24) is 0 Å². The van der Waals surface area contributed by atoms with Crippen molar-refractivity contribution in [2.75, 3.05) is 4.90 Å². The number of rotatable bonds is 2. The average Bonchev–Trinajstić information content (AvgIpc) is 2.89. The zero-order valence-corrected chi connectivity index (χ0v) is 12.7. The van der Waals surface area contributed by atoms with Gasteiger partial charge in [0.1, 0.15) is 11.9 Å². The molecule has 24 heavy (non-hydrogen) atoms. The Labute approximate surface area is 138 Å². The second kappa shape index (κ2) is 6.02. The highest BCUT2D eigenvalue weighted by Gasteiger charge is 2.40. The number of halogens is 1. The monoisotopic (exact) mass is 321 g/mol. The van der Waals surface area contributed by atoms with Crippen molar-refractivity contribution in [3.05, 3.63) is 65.0 Å². The van der Waals surface area contributed by atoms with Gasteiger partial charge in [0.25, 0.3) is 0 Å². The molecule has 0 bridgehead atoms. The molecule has 1 aliphatic heterocycles. The predicted molar refractivity (Wildman–Crippen MR) is 83.4 cm³/mol. The molecule has 2 aromatic carbocycles. The van der Waals surface area contributed by atoms with E-state index in [0.29, 0.717) is 11.3 Å². The topological polar surface area (TPSA) is 77.1 Å². The van der Waals surface area contributed by atoms with Crippen LogP contribution in [0.3, 0.4) is 0 Å². The van der Waals surface area contributed by atoms with E-state index in [9.17, 15) is 9.18 Å². The summed E-state index contributed by atoms with van der Waals surface area (Å²) in [7, 11) is 0. The number of cyclic esters (lactones) is 1. The van der Waals surface area contributed by atoms with Gasteiger partial charge in [-0.2, -0.15) is 10.5 Å². The molecule has 2 atom stereocenters. The highest BCUT2D eigenvalue weighted by atomic mass is 19.1. The molecule has 0 unspecified atom stereocenters. The van der Waals surface area contributed by atoms with Gasteiger partial charge in [0.05, 0.1) is 35.0 Å². The number of anilines is 1. The third-order valence-electron chi connectivity index (χ3n) is 3.92. The summed E-state index contributed by atoms with van der Waals surface area (Å²) in [5.74, 6) is -0.368. The first-order valence-corrected chi connectivity index (χ1v) is 7.24. The second-order valence-electron chi connectivity index (χ2n) is 5.46. The molecule has 0 aromatic heterocycles. The van der Waals surface area contributed by atoms with E-state index >= 15 is 0 Å². The lowest BCUT2D eigenvalue weighted by molar-refractivity contribution is 0.134. The van der Waals surface area contributed by atoms with Gasteiger partial charge in [-0.25, -0.2) is 9.18 Å². The van der Waals surface area contributed by atoms with Crippen molar-refractivity contribution >= 4 is 11.8 Å². The Morgan fingerprint density at radius 1 is 1.08 bits per heavy atom. The second-order valence-corrected chi connectivity index (χ2v) is 5.46. The van der Waals surface area contributed by atoms with Crippen LogP contribution in [0.2, 0.25) is 0 Å². The molecule has 6 heteroatoms. The predicted octanol–water partition coefficient (Wildman–Crippen LogP) is 3.66. The van der Waals surface area contributed by atoms with Gasteiger partial charge in [0, 0.05) is 0 Å². The Morgan fingerprint density at radius 2 is 1.67 bits per heavy atom. The summed E-state index contributed by atoms with van der Waals surface area (Å²) in [6.45, 7) is 1.80. The van der Waals surface area contributed by atoms with E-state index < -0.39 is 12.2 Å². The van der Waals surface area contributed by atoms with Crippen LogP contribution < -0.4 is 4.90 Å². The van der Waals surface area contributed by atoms with Crippen LogP contribution in [0.25, 0.3) is 0 Å². The third kappa shape index (κ3) is 2.66. The molecule has 118 valence electrons. The number of carbonyl (C=O) groups excluding carboxylic acids is 1. The molecule has 0 spiro atoms.